The molecule has 0 aliphatic heterocycles. The molecule has 0 aliphatic carbocycles. The average Bonchev–Trinajstić information content (AvgIpc) is 2.45. The van der Waals surface area contributed by atoms with Gasteiger partial charge < -0.3 is 15.4 Å². The number of amides is 2. The molecule has 0 atom stereocenters. The topological polar surface area (TPSA) is 67.4 Å². The van der Waals surface area contributed by atoms with E-state index in [0.717, 1.165) is 0 Å². The summed E-state index contributed by atoms with van der Waals surface area (Å²) in [5, 5.41) is 5.22. The third-order valence-corrected chi connectivity index (χ3v) is 2.52. The molecule has 112 valence electrons. The zero-order valence-corrected chi connectivity index (χ0v) is 12.3. The Balaban J connectivity index is 2.53. The van der Waals surface area contributed by atoms with Crippen LogP contribution in [0.2, 0.25) is 0 Å². The molecule has 0 aliphatic rings. The number of rotatable bonds is 7. The van der Waals surface area contributed by atoms with Gasteiger partial charge in [0, 0.05) is 13.0 Å². The summed E-state index contributed by atoms with van der Waals surface area (Å²) in [6, 6.07) is 7.00. The van der Waals surface area contributed by atoms with E-state index in [4.69, 9.17) is 11.2 Å². The summed E-state index contributed by atoms with van der Waals surface area (Å²) in [5.74, 6) is 2.38. The lowest BCUT2D eigenvalue weighted by atomic mass is 10.2. The fourth-order valence-electron chi connectivity index (χ4n) is 1.63. The van der Waals surface area contributed by atoms with Gasteiger partial charge in [0.05, 0.1) is 18.2 Å². The van der Waals surface area contributed by atoms with E-state index >= 15 is 0 Å². The quantitative estimate of drug-likeness (QED) is 0.744. The highest BCUT2D eigenvalue weighted by Gasteiger charge is 2.12. The minimum absolute atomic E-state index is 0.0199. The molecular weight excluding hydrogens is 268 g/mol. The lowest BCUT2D eigenvalue weighted by Crippen LogP contribution is -2.31. The second-order valence-corrected chi connectivity index (χ2v) is 4.65. The molecule has 0 saturated carbocycles. The minimum atomic E-state index is -0.268. The Hall–Kier alpha value is -2.48. The van der Waals surface area contributed by atoms with Crippen LogP contribution in [-0.2, 0) is 4.79 Å². The van der Waals surface area contributed by atoms with E-state index in [2.05, 4.69) is 16.6 Å². The Labute approximate surface area is 125 Å². The van der Waals surface area contributed by atoms with Crippen molar-refractivity contribution in [3.63, 3.8) is 0 Å². The van der Waals surface area contributed by atoms with E-state index < -0.39 is 0 Å². The van der Waals surface area contributed by atoms with Gasteiger partial charge >= 0.3 is 0 Å². The molecule has 0 bridgehead atoms. The molecule has 0 unspecified atom stereocenters. The molecule has 0 aromatic heterocycles. The van der Waals surface area contributed by atoms with Crippen molar-refractivity contribution in [1.29, 1.82) is 0 Å². The first-order valence-electron chi connectivity index (χ1n) is 6.78. The Morgan fingerprint density at radius 2 is 2.00 bits per heavy atom. The maximum atomic E-state index is 12.1. The fraction of sp³-hybridized carbons (Fsp3) is 0.375. The van der Waals surface area contributed by atoms with Gasteiger partial charge in [-0.15, -0.1) is 6.42 Å². The minimum Gasteiger partial charge on any atom is -0.490 e. The molecule has 0 heterocycles. The lowest BCUT2D eigenvalue weighted by molar-refractivity contribution is -0.120. The molecule has 2 N–H and O–H groups in total. The number of carbonyl (C=O) groups excluding carboxylic acids is 2. The third kappa shape index (κ3) is 6.00. The van der Waals surface area contributed by atoms with Crippen molar-refractivity contribution >= 4 is 11.8 Å². The zero-order valence-electron chi connectivity index (χ0n) is 12.3. The summed E-state index contributed by atoms with van der Waals surface area (Å²) in [6.45, 7) is 4.22. The van der Waals surface area contributed by atoms with Gasteiger partial charge in [0.25, 0.3) is 5.91 Å². The second kappa shape index (κ2) is 8.64. The van der Waals surface area contributed by atoms with Crippen molar-refractivity contribution in [3.8, 4) is 18.1 Å². The van der Waals surface area contributed by atoms with Crippen molar-refractivity contribution in [2.75, 3.05) is 13.1 Å². The highest BCUT2D eigenvalue weighted by Crippen LogP contribution is 2.19. The Morgan fingerprint density at radius 3 is 2.67 bits per heavy atom. The maximum Gasteiger partial charge on any atom is 0.255 e. The number of carbonyl (C=O) groups is 2. The summed E-state index contributed by atoms with van der Waals surface area (Å²) in [5.41, 5.74) is 0.454. The van der Waals surface area contributed by atoms with Crippen molar-refractivity contribution in [1.82, 2.24) is 10.6 Å². The molecule has 1 aromatic rings. The van der Waals surface area contributed by atoms with Gasteiger partial charge in [-0.1, -0.05) is 18.1 Å². The smallest absolute Gasteiger partial charge is 0.255 e. The van der Waals surface area contributed by atoms with E-state index in [1.54, 1.807) is 18.2 Å². The van der Waals surface area contributed by atoms with Gasteiger partial charge in [0.1, 0.15) is 5.75 Å². The standard InChI is InChI=1S/C16H20N2O3/c1-4-10-17-15(19)9-11-18-16(20)13-7-5-6-8-14(13)21-12(2)3/h1,5-8,12H,9-11H2,2-3H3,(H,17,19)(H,18,20). The zero-order chi connectivity index (χ0) is 15.7. The van der Waals surface area contributed by atoms with Crippen LogP contribution in [0, 0.1) is 12.3 Å². The predicted octanol–water partition coefficient (Wildman–Crippen LogP) is 1.34. The first-order valence-corrected chi connectivity index (χ1v) is 6.78. The van der Waals surface area contributed by atoms with Crippen LogP contribution in [0.15, 0.2) is 24.3 Å². The molecule has 0 fully saturated rings. The highest BCUT2D eigenvalue weighted by molar-refractivity contribution is 5.97. The van der Waals surface area contributed by atoms with Crippen molar-refractivity contribution in [2.24, 2.45) is 0 Å². The molecule has 5 nitrogen and oxygen atoms in total. The van der Waals surface area contributed by atoms with Gasteiger partial charge in [-0.25, -0.2) is 0 Å². The van der Waals surface area contributed by atoms with Gasteiger partial charge in [-0.3, -0.25) is 9.59 Å². The number of nitrogens with one attached hydrogen (secondary N) is 2. The molecule has 1 rings (SSSR count). The largest absolute Gasteiger partial charge is 0.490 e. The number of hydrogen-bond donors (Lipinski definition) is 2. The molecule has 5 heteroatoms. The number of ether oxygens (including phenoxy) is 1. The number of benzene rings is 1. The van der Waals surface area contributed by atoms with Crippen LogP contribution in [0.25, 0.3) is 0 Å². The SMILES string of the molecule is C#CCNC(=O)CCNC(=O)c1ccccc1OC(C)C. The van der Waals surface area contributed by atoms with E-state index in [9.17, 15) is 9.59 Å². The number of hydrogen-bond acceptors (Lipinski definition) is 3. The molecule has 0 spiro atoms. The van der Waals surface area contributed by atoms with Crippen LogP contribution in [0.3, 0.4) is 0 Å². The Kier molecular flexibility index (Phi) is 6.82. The summed E-state index contributed by atoms with van der Waals surface area (Å²) in [6.07, 6.45) is 5.20. The number of terminal acetylenes is 1. The normalized spacial score (nSPS) is 9.81. The Morgan fingerprint density at radius 1 is 1.29 bits per heavy atom. The van der Waals surface area contributed by atoms with Crippen LogP contribution in [0.1, 0.15) is 30.6 Å². The van der Waals surface area contributed by atoms with Crippen molar-refractivity contribution in [2.45, 2.75) is 26.4 Å². The van der Waals surface area contributed by atoms with E-state index in [0.29, 0.717) is 11.3 Å². The van der Waals surface area contributed by atoms with E-state index in [1.807, 2.05) is 19.9 Å². The monoisotopic (exact) mass is 288 g/mol. The highest BCUT2D eigenvalue weighted by atomic mass is 16.5. The van der Waals surface area contributed by atoms with Crippen LogP contribution in [-0.4, -0.2) is 31.0 Å². The first-order chi connectivity index (χ1) is 10.0. The average molecular weight is 288 g/mol. The molecule has 0 radical (unpaired) electrons. The molecule has 0 saturated heterocycles. The van der Waals surface area contributed by atoms with Gasteiger partial charge in [-0.2, -0.15) is 0 Å². The molecular formula is C16H20N2O3. The number of para-hydroxylation sites is 1. The van der Waals surface area contributed by atoms with Crippen molar-refractivity contribution in [3.05, 3.63) is 29.8 Å². The molecule has 1 aromatic carbocycles. The Bertz CT molecular complexity index is 533. The lowest BCUT2D eigenvalue weighted by Gasteiger charge is -2.13. The van der Waals surface area contributed by atoms with Crippen LogP contribution in [0.5, 0.6) is 5.75 Å². The third-order valence-electron chi connectivity index (χ3n) is 2.52. The summed E-state index contributed by atoms with van der Waals surface area (Å²) >= 11 is 0. The van der Waals surface area contributed by atoms with Crippen LogP contribution in [0.4, 0.5) is 0 Å². The van der Waals surface area contributed by atoms with Crippen LogP contribution < -0.4 is 15.4 Å². The van der Waals surface area contributed by atoms with E-state index in [1.165, 1.54) is 0 Å². The predicted molar refractivity (Wildman–Crippen MR) is 81.0 cm³/mol. The van der Waals surface area contributed by atoms with Gasteiger partial charge in [-0.05, 0) is 26.0 Å². The second-order valence-electron chi connectivity index (χ2n) is 4.65. The van der Waals surface area contributed by atoms with Crippen LogP contribution >= 0.6 is 0 Å². The molecule has 21 heavy (non-hydrogen) atoms. The fourth-order valence-corrected chi connectivity index (χ4v) is 1.63. The van der Waals surface area contributed by atoms with Crippen molar-refractivity contribution < 1.29 is 14.3 Å². The van der Waals surface area contributed by atoms with E-state index in [-0.39, 0.29) is 37.4 Å². The summed E-state index contributed by atoms with van der Waals surface area (Å²) in [4.78, 5) is 23.4. The molecule has 2 amide bonds. The van der Waals surface area contributed by atoms with Gasteiger partial charge in [0.2, 0.25) is 5.91 Å². The van der Waals surface area contributed by atoms with Gasteiger partial charge in [0.15, 0.2) is 0 Å². The summed E-state index contributed by atoms with van der Waals surface area (Å²) in [7, 11) is 0. The first kappa shape index (κ1) is 16.6. The maximum absolute atomic E-state index is 12.1. The summed E-state index contributed by atoms with van der Waals surface area (Å²) < 4.78 is 5.58.